The van der Waals surface area contributed by atoms with Gasteiger partial charge in [0.1, 0.15) is 23.3 Å². The Balaban J connectivity index is 3.18. The molecule has 0 aliphatic heterocycles. The van der Waals surface area contributed by atoms with Crippen molar-refractivity contribution >= 4 is 35.4 Å². The summed E-state index contributed by atoms with van der Waals surface area (Å²) in [6.45, 7) is 17.0. The Morgan fingerprint density at radius 2 is 1.43 bits per heavy atom. The van der Waals surface area contributed by atoms with Crippen LogP contribution in [0.2, 0.25) is 6.43 Å². The standard InChI is InChI=1S/C28H43ClN2O6/c1-17(2)22(31-25(35)28(9,10)18-11-13-19(29)14-12-18)23(33)30-20(24(34)37-27(6,7)8)15-16-21(32)36-26(3,4)5/h11-14,17,20,22H,15-16H2,1-10H3,(H,30,33)(H,31,35)/t20-,22-/m0/s1/i/hD. The van der Waals surface area contributed by atoms with E-state index in [4.69, 9.17) is 22.5 Å². The molecule has 0 aliphatic rings. The highest BCUT2D eigenvalue weighted by molar-refractivity contribution is 6.30. The Morgan fingerprint density at radius 3 is 1.89 bits per heavy atom. The van der Waals surface area contributed by atoms with Gasteiger partial charge in [0.2, 0.25) is 11.8 Å². The summed E-state index contributed by atoms with van der Waals surface area (Å²) in [6, 6.07) is 4.33. The van der Waals surface area contributed by atoms with Gasteiger partial charge in [-0.1, -0.05) is 37.6 Å². The summed E-state index contributed by atoms with van der Waals surface area (Å²) in [5.41, 5.74) is -2.02. The van der Waals surface area contributed by atoms with E-state index in [1.165, 1.54) is 0 Å². The molecule has 0 bridgehead atoms. The number of esters is 2. The van der Waals surface area contributed by atoms with Gasteiger partial charge in [0.25, 0.3) is 0 Å². The molecule has 0 radical (unpaired) electrons. The van der Waals surface area contributed by atoms with E-state index in [1.807, 2.05) is 0 Å². The molecule has 37 heavy (non-hydrogen) atoms. The van der Waals surface area contributed by atoms with Gasteiger partial charge in [-0.05, 0) is 85.4 Å². The Morgan fingerprint density at radius 1 is 0.919 bits per heavy atom. The summed E-state index contributed by atoms with van der Waals surface area (Å²) in [5, 5.41) is 3.79. The molecule has 2 amide bonds. The second kappa shape index (κ2) is 12.8. The van der Waals surface area contributed by atoms with Gasteiger partial charge in [-0.2, -0.15) is 0 Å². The number of hydrogen-bond acceptors (Lipinski definition) is 6. The number of hydrogen-bond donors (Lipinski definition) is 2. The van der Waals surface area contributed by atoms with Gasteiger partial charge in [0, 0.05) is 11.4 Å². The van der Waals surface area contributed by atoms with Crippen LogP contribution in [0, 0.1) is 5.92 Å². The van der Waals surface area contributed by atoms with E-state index in [0.717, 1.165) is 0 Å². The third-order valence-electron chi connectivity index (χ3n) is 5.32. The predicted molar refractivity (Wildman–Crippen MR) is 144 cm³/mol. The second-order valence-corrected chi connectivity index (χ2v) is 12.4. The molecule has 0 saturated heterocycles. The molecule has 9 heteroatoms. The van der Waals surface area contributed by atoms with Gasteiger partial charge in [0.15, 0.2) is 1.41 Å². The zero-order valence-electron chi connectivity index (χ0n) is 24.7. The molecular formula is C28H43ClN2O6. The van der Waals surface area contributed by atoms with Crippen molar-refractivity contribution in [3.05, 3.63) is 34.9 Å². The summed E-state index contributed by atoms with van der Waals surface area (Å²) in [6.07, 6.45) is -0.205. The molecule has 0 aromatic heterocycles. The Bertz CT molecular complexity index is 996. The molecule has 2 atom stereocenters. The number of carbonyl (C=O) groups is 4. The predicted octanol–water partition coefficient (Wildman–Crippen LogP) is 4.71. The lowest BCUT2D eigenvalue weighted by molar-refractivity contribution is -0.160. The highest BCUT2D eigenvalue weighted by Gasteiger charge is 2.36. The van der Waals surface area contributed by atoms with E-state index in [1.54, 1.807) is 93.5 Å². The average molecular weight is 540 g/mol. The minimum Gasteiger partial charge on any atom is -0.460 e. The highest BCUT2D eigenvalue weighted by atomic mass is 35.5. The average Bonchev–Trinajstić information content (AvgIpc) is 2.73. The lowest BCUT2D eigenvalue weighted by Crippen LogP contribution is -2.56. The first-order valence-corrected chi connectivity index (χ1v) is 12.9. The molecule has 8 nitrogen and oxygen atoms in total. The first kappa shape index (κ1) is 30.6. The number of ether oxygens (including phenoxy) is 2. The van der Waals surface area contributed by atoms with Gasteiger partial charge in [-0.15, -0.1) is 0 Å². The van der Waals surface area contributed by atoms with Crippen LogP contribution in [-0.4, -0.2) is 47.0 Å². The number of amides is 2. The molecule has 0 fully saturated rings. The fourth-order valence-electron chi connectivity index (χ4n) is 3.32. The van der Waals surface area contributed by atoms with E-state index < -0.39 is 58.4 Å². The summed E-state index contributed by atoms with van der Waals surface area (Å²) >= 11 is 5.98. The van der Waals surface area contributed by atoms with Crippen LogP contribution in [0.5, 0.6) is 0 Å². The Labute approximate surface area is 227 Å². The zero-order valence-corrected chi connectivity index (χ0v) is 24.5. The van der Waals surface area contributed by atoms with Crippen molar-refractivity contribution in [3.8, 4) is 0 Å². The van der Waals surface area contributed by atoms with E-state index in [9.17, 15) is 19.2 Å². The minimum absolute atomic E-state index is 0.0669. The third kappa shape index (κ3) is 11.1. The van der Waals surface area contributed by atoms with Crippen LogP contribution in [0.25, 0.3) is 0 Å². The lowest BCUT2D eigenvalue weighted by atomic mass is 9.83. The largest absolute Gasteiger partial charge is 0.460 e. The maximum atomic E-state index is 13.4. The van der Waals surface area contributed by atoms with Crippen LogP contribution >= 0.6 is 11.6 Å². The molecule has 0 heterocycles. The number of benzene rings is 1. The fraction of sp³-hybridized carbons (Fsp3) is 0.643. The minimum atomic E-state index is -1.21. The van der Waals surface area contributed by atoms with Crippen LogP contribution in [0.1, 0.15) is 87.6 Å². The molecule has 1 aromatic carbocycles. The normalized spacial score (nSPS) is 14.3. The van der Waals surface area contributed by atoms with Crippen molar-refractivity contribution in [2.24, 2.45) is 5.92 Å². The van der Waals surface area contributed by atoms with Crippen molar-refractivity contribution < 1.29 is 30.1 Å². The third-order valence-corrected chi connectivity index (χ3v) is 5.57. The van der Waals surface area contributed by atoms with Crippen LogP contribution in [0.15, 0.2) is 24.3 Å². The maximum Gasteiger partial charge on any atom is 0.329 e. The van der Waals surface area contributed by atoms with Crippen LogP contribution in [-0.2, 0) is 34.1 Å². The molecule has 0 saturated carbocycles. The molecule has 0 aliphatic carbocycles. The van der Waals surface area contributed by atoms with Crippen molar-refractivity contribution in [1.82, 2.24) is 10.6 Å². The molecule has 1 aromatic rings. The second-order valence-electron chi connectivity index (χ2n) is 12.0. The summed E-state index contributed by atoms with van der Waals surface area (Å²) in [5.74, 6) is -3.00. The van der Waals surface area contributed by atoms with Crippen LogP contribution in [0.3, 0.4) is 0 Å². The SMILES string of the molecule is [2H]N(C(=O)C(C)(C)c1ccc(Cl)cc1)[C@H](C(=O)N[C@@H](CCC(=O)OC(C)(C)C)C(=O)OC(C)(C)C)C(C)C. The van der Waals surface area contributed by atoms with Gasteiger partial charge >= 0.3 is 11.9 Å². The summed E-state index contributed by atoms with van der Waals surface area (Å²) in [4.78, 5) is 52.1. The Kier molecular flexibility index (Phi) is 10.6. The van der Waals surface area contributed by atoms with E-state index in [0.29, 0.717) is 15.9 Å². The van der Waals surface area contributed by atoms with E-state index in [-0.39, 0.29) is 12.8 Å². The Hall–Kier alpha value is -2.61. The van der Waals surface area contributed by atoms with Gasteiger partial charge in [-0.3, -0.25) is 14.4 Å². The number of nitrogens with one attached hydrogen (secondary N) is 2. The molecule has 1 rings (SSSR count). The monoisotopic (exact) mass is 539 g/mol. The van der Waals surface area contributed by atoms with Crippen LogP contribution in [0.4, 0.5) is 0 Å². The van der Waals surface area contributed by atoms with Crippen molar-refractivity contribution in [3.63, 3.8) is 0 Å². The fourth-order valence-corrected chi connectivity index (χ4v) is 3.45. The molecule has 2 N–H and O–H groups in total. The molecular weight excluding hydrogens is 496 g/mol. The molecule has 0 spiro atoms. The zero-order chi connectivity index (χ0) is 29.6. The van der Waals surface area contributed by atoms with Crippen LogP contribution < -0.4 is 10.6 Å². The number of carbonyl (C=O) groups excluding carboxylic acids is 4. The van der Waals surface area contributed by atoms with E-state index >= 15 is 0 Å². The number of halogens is 1. The first-order chi connectivity index (χ1) is 17.2. The number of rotatable bonds is 10. The molecule has 0 unspecified atom stereocenters. The highest BCUT2D eigenvalue weighted by Crippen LogP contribution is 2.25. The van der Waals surface area contributed by atoms with E-state index in [2.05, 4.69) is 5.32 Å². The smallest absolute Gasteiger partial charge is 0.329 e. The summed E-state index contributed by atoms with van der Waals surface area (Å²) in [7, 11) is 0. The van der Waals surface area contributed by atoms with Gasteiger partial charge < -0.3 is 20.1 Å². The first-order valence-electron chi connectivity index (χ1n) is 12.9. The van der Waals surface area contributed by atoms with Crippen molar-refractivity contribution in [1.29, 1.82) is 0 Å². The van der Waals surface area contributed by atoms with Crippen molar-refractivity contribution in [2.75, 3.05) is 0 Å². The summed E-state index contributed by atoms with van der Waals surface area (Å²) < 4.78 is 19.4. The maximum absolute atomic E-state index is 13.4. The van der Waals surface area contributed by atoms with Crippen molar-refractivity contribution in [2.45, 2.75) is 111 Å². The lowest BCUT2D eigenvalue weighted by Gasteiger charge is -2.30. The van der Waals surface area contributed by atoms with Gasteiger partial charge in [0.05, 0.1) is 5.41 Å². The quantitative estimate of drug-likeness (QED) is 0.417. The van der Waals surface area contributed by atoms with Gasteiger partial charge in [-0.25, -0.2) is 4.79 Å². The molecule has 208 valence electrons. The topological polar surface area (TPSA) is 111 Å².